The molecule has 1 aliphatic heterocycles. The van der Waals surface area contributed by atoms with Crippen molar-refractivity contribution < 1.29 is 6.16 Å². The van der Waals surface area contributed by atoms with Gasteiger partial charge in [-0.1, -0.05) is 18.2 Å². The Balaban J connectivity index is 0.00000225. The number of benzene rings is 2. The maximum absolute atomic E-state index is 5.86. The van der Waals surface area contributed by atoms with E-state index in [-0.39, 0.29) is 13.6 Å². The van der Waals surface area contributed by atoms with Crippen molar-refractivity contribution in [1.29, 1.82) is 0 Å². The van der Waals surface area contributed by atoms with Crippen LogP contribution < -0.4 is 10.2 Å². The molecule has 0 amide bonds. The molecule has 1 aromatic heterocycles. The Bertz CT molecular complexity index is 904. The lowest BCUT2D eigenvalue weighted by Crippen LogP contribution is -2.45. The van der Waals surface area contributed by atoms with Gasteiger partial charge in [0.15, 0.2) is 0 Å². The summed E-state index contributed by atoms with van der Waals surface area (Å²) in [7, 11) is 0. The van der Waals surface area contributed by atoms with Gasteiger partial charge < -0.3 is 15.0 Å². The van der Waals surface area contributed by atoms with Gasteiger partial charge in [0.25, 0.3) is 0 Å². The summed E-state index contributed by atoms with van der Waals surface area (Å²) in [6.07, 6.45) is 2.18. The number of anilines is 3. The molecule has 0 saturated carbocycles. The first-order valence-electron chi connectivity index (χ1n) is 9.33. The number of hydrogen-bond donors (Lipinski definition) is 1. The minimum absolute atomic E-state index is 0. The van der Waals surface area contributed by atoms with Gasteiger partial charge in [-0.15, -0.1) is 5.10 Å². The standard InChI is InChI=1S/C21H25N5O.H2/c1-15-9-18(11-20(10-15)25-12-16(2)27-17(3)13-25)23-21-22-14-26(24-21)19-7-5-4-6-8-19;/h4-11,14,16-17H,12-13H2,1-3H3,(H,23,24);1H. The lowest BCUT2D eigenvalue weighted by atomic mass is 10.1. The first-order valence-corrected chi connectivity index (χ1v) is 9.33. The first-order chi connectivity index (χ1) is 13.1. The summed E-state index contributed by atoms with van der Waals surface area (Å²) in [5.74, 6) is 0.583. The highest BCUT2D eigenvalue weighted by molar-refractivity contribution is 5.64. The highest BCUT2D eigenvalue weighted by atomic mass is 16.5. The van der Waals surface area contributed by atoms with E-state index in [0.29, 0.717) is 5.95 Å². The number of nitrogens with zero attached hydrogens (tertiary/aromatic N) is 4. The number of para-hydroxylation sites is 1. The molecule has 4 rings (SSSR count). The SMILES string of the molecule is Cc1cc(Nc2ncn(-c3ccccc3)n2)cc(N2CC(C)OC(C)C2)c1.[HH]. The lowest BCUT2D eigenvalue weighted by molar-refractivity contribution is -0.00521. The van der Waals surface area contributed by atoms with Gasteiger partial charge in [0.1, 0.15) is 6.33 Å². The molecule has 2 aromatic carbocycles. The van der Waals surface area contributed by atoms with Crippen molar-refractivity contribution in [3.63, 3.8) is 0 Å². The van der Waals surface area contributed by atoms with Crippen LogP contribution in [0.4, 0.5) is 17.3 Å². The monoisotopic (exact) mass is 365 g/mol. The minimum atomic E-state index is 0. The predicted molar refractivity (Wildman–Crippen MR) is 110 cm³/mol. The smallest absolute Gasteiger partial charge is 0.246 e. The van der Waals surface area contributed by atoms with Crippen LogP contribution in [0.1, 0.15) is 20.8 Å². The van der Waals surface area contributed by atoms with Gasteiger partial charge in [-0.3, -0.25) is 0 Å². The van der Waals surface area contributed by atoms with Crippen molar-refractivity contribution in [3.05, 3.63) is 60.4 Å². The Hall–Kier alpha value is -2.86. The molecule has 0 spiro atoms. The first kappa shape index (κ1) is 17.5. The summed E-state index contributed by atoms with van der Waals surface area (Å²) >= 11 is 0. The zero-order valence-electron chi connectivity index (χ0n) is 16.0. The fraction of sp³-hybridized carbons (Fsp3) is 0.333. The number of aryl methyl sites for hydroxylation is 1. The largest absolute Gasteiger partial charge is 0.372 e. The number of aromatic nitrogens is 3. The number of ether oxygens (including phenoxy) is 1. The zero-order valence-corrected chi connectivity index (χ0v) is 16.0. The van der Waals surface area contributed by atoms with Crippen molar-refractivity contribution in [2.75, 3.05) is 23.3 Å². The third kappa shape index (κ3) is 4.11. The second kappa shape index (κ2) is 7.40. The van der Waals surface area contributed by atoms with Crippen LogP contribution in [0.5, 0.6) is 0 Å². The maximum Gasteiger partial charge on any atom is 0.246 e. The Morgan fingerprint density at radius 3 is 2.52 bits per heavy atom. The maximum atomic E-state index is 5.86. The van der Waals surface area contributed by atoms with Gasteiger partial charge in [-0.05, 0) is 56.7 Å². The topological polar surface area (TPSA) is 55.2 Å². The third-order valence-corrected chi connectivity index (χ3v) is 4.62. The summed E-state index contributed by atoms with van der Waals surface area (Å²) in [6, 6.07) is 16.4. The highest BCUT2D eigenvalue weighted by Crippen LogP contribution is 2.26. The molecule has 1 fully saturated rings. The number of nitrogens with one attached hydrogen (secondary N) is 1. The second-order valence-corrected chi connectivity index (χ2v) is 7.19. The summed E-state index contributed by atoms with van der Waals surface area (Å²) in [5, 5.41) is 7.87. The lowest BCUT2D eigenvalue weighted by Gasteiger charge is -2.37. The molecule has 142 valence electrons. The van der Waals surface area contributed by atoms with E-state index in [0.717, 1.165) is 24.5 Å². The molecule has 1 saturated heterocycles. The van der Waals surface area contributed by atoms with Crippen molar-refractivity contribution >= 4 is 17.3 Å². The van der Waals surface area contributed by atoms with Crippen molar-refractivity contribution in [2.45, 2.75) is 33.0 Å². The molecule has 27 heavy (non-hydrogen) atoms. The van der Waals surface area contributed by atoms with Gasteiger partial charge in [0.2, 0.25) is 5.95 Å². The van der Waals surface area contributed by atoms with E-state index in [1.165, 1.54) is 11.3 Å². The molecule has 6 heteroatoms. The zero-order chi connectivity index (χ0) is 18.8. The van der Waals surface area contributed by atoms with Gasteiger partial charge in [-0.2, -0.15) is 4.98 Å². The Labute approximate surface area is 161 Å². The van der Waals surface area contributed by atoms with Crippen molar-refractivity contribution in [1.82, 2.24) is 14.8 Å². The van der Waals surface area contributed by atoms with Crippen molar-refractivity contribution in [3.8, 4) is 5.69 Å². The number of hydrogen-bond acceptors (Lipinski definition) is 5. The van der Waals surface area contributed by atoms with E-state index in [1.54, 1.807) is 11.0 Å². The van der Waals surface area contributed by atoms with Gasteiger partial charge in [0.05, 0.1) is 17.9 Å². The molecule has 0 radical (unpaired) electrons. The number of morpholine rings is 1. The van der Waals surface area contributed by atoms with Crippen LogP contribution in [0.25, 0.3) is 5.69 Å². The average Bonchev–Trinajstić information content (AvgIpc) is 3.09. The molecule has 6 nitrogen and oxygen atoms in total. The quantitative estimate of drug-likeness (QED) is 0.752. The van der Waals surface area contributed by atoms with Crippen LogP contribution in [0.2, 0.25) is 0 Å². The van der Waals surface area contributed by atoms with Crippen LogP contribution in [0.15, 0.2) is 54.9 Å². The number of rotatable bonds is 4. The molecule has 2 unspecified atom stereocenters. The summed E-state index contributed by atoms with van der Waals surface area (Å²) < 4.78 is 7.63. The second-order valence-electron chi connectivity index (χ2n) is 7.19. The molecular weight excluding hydrogens is 338 g/mol. The van der Waals surface area contributed by atoms with E-state index in [4.69, 9.17) is 4.74 Å². The normalized spacial score (nSPS) is 19.9. The van der Waals surface area contributed by atoms with E-state index < -0.39 is 0 Å². The Morgan fingerprint density at radius 1 is 1.04 bits per heavy atom. The molecule has 1 N–H and O–H groups in total. The molecule has 2 atom stereocenters. The van der Waals surface area contributed by atoms with Gasteiger partial charge in [0, 0.05) is 25.9 Å². The van der Waals surface area contributed by atoms with Crippen LogP contribution in [0, 0.1) is 6.92 Å². The van der Waals surface area contributed by atoms with Crippen molar-refractivity contribution in [2.24, 2.45) is 0 Å². The van der Waals surface area contributed by atoms with Gasteiger partial charge in [-0.25, -0.2) is 4.68 Å². The van der Waals surface area contributed by atoms with E-state index in [9.17, 15) is 0 Å². The summed E-state index contributed by atoms with van der Waals surface area (Å²) in [4.78, 5) is 6.77. The highest BCUT2D eigenvalue weighted by Gasteiger charge is 2.22. The van der Waals surface area contributed by atoms with Crippen LogP contribution >= 0.6 is 0 Å². The molecule has 1 aliphatic rings. The minimum Gasteiger partial charge on any atom is -0.372 e. The molecule has 0 bridgehead atoms. The molecule has 0 aliphatic carbocycles. The third-order valence-electron chi connectivity index (χ3n) is 4.62. The molecular formula is C21H27N5O. The Kier molecular flexibility index (Phi) is 4.81. The van der Waals surface area contributed by atoms with E-state index in [1.807, 2.05) is 30.3 Å². The van der Waals surface area contributed by atoms with E-state index >= 15 is 0 Å². The van der Waals surface area contributed by atoms with Crippen LogP contribution in [0.3, 0.4) is 0 Å². The summed E-state index contributed by atoms with van der Waals surface area (Å²) in [6.45, 7) is 8.15. The van der Waals surface area contributed by atoms with E-state index in [2.05, 4.69) is 59.3 Å². The Morgan fingerprint density at radius 2 is 1.78 bits per heavy atom. The van der Waals surface area contributed by atoms with Crippen LogP contribution in [-0.4, -0.2) is 40.1 Å². The summed E-state index contributed by atoms with van der Waals surface area (Å²) in [5.41, 5.74) is 4.37. The predicted octanol–water partition coefficient (Wildman–Crippen LogP) is 4.18. The molecule has 2 heterocycles. The fourth-order valence-corrected chi connectivity index (χ4v) is 3.56. The average molecular weight is 365 g/mol. The fourth-order valence-electron chi connectivity index (χ4n) is 3.56. The molecule has 3 aromatic rings. The van der Waals surface area contributed by atoms with Gasteiger partial charge >= 0.3 is 0 Å². The van der Waals surface area contributed by atoms with Crippen LogP contribution in [-0.2, 0) is 4.74 Å².